The summed E-state index contributed by atoms with van der Waals surface area (Å²) in [5.41, 5.74) is 1.82. The molecular weight excluding hydrogens is 422 g/mol. The summed E-state index contributed by atoms with van der Waals surface area (Å²) in [6.45, 7) is 6.59. The van der Waals surface area contributed by atoms with Gasteiger partial charge in [-0.2, -0.15) is 0 Å². The lowest BCUT2D eigenvalue weighted by Gasteiger charge is -2.31. The Bertz CT molecular complexity index is 923. The number of rotatable bonds is 9. The number of alkyl carbamates (subject to hydrolysis) is 1. The number of aryl methyl sites for hydroxylation is 1. The number of hydrogen-bond donors (Lipinski definition) is 3. The van der Waals surface area contributed by atoms with E-state index in [0.717, 1.165) is 11.1 Å². The molecule has 0 heterocycles. The molecule has 8 nitrogen and oxygen atoms in total. The van der Waals surface area contributed by atoms with Crippen molar-refractivity contribution in [2.45, 2.75) is 45.9 Å². The molecule has 33 heavy (non-hydrogen) atoms. The molecule has 0 radical (unpaired) electrons. The molecule has 0 saturated carbocycles. The van der Waals surface area contributed by atoms with Gasteiger partial charge in [-0.3, -0.25) is 9.59 Å². The Labute approximate surface area is 194 Å². The SMILES string of the molecule is Cc1ccc(C(C(=O)NCc2ccccc2)N(CCO)C(=O)CNC(=O)OC(C)(C)C)cc1. The second kappa shape index (κ2) is 12.0. The van der Waals surface area contributed by atoms with Crippen molar-refractivity contribution in [2.24, 2.45) is 0 Å². The average Bonchev–Trinajstić information content (AvgIpc) is 2.76. The smallest absolute Gasteiger partial charge is 0.408 e. The highest BCUT2D eigenvalue weighted by Gasteiger charge is 2.31. The van der Waals surface area contributed by atoms with E-state index in [0.29, 0.717) is 12.1 Å². The van der Waals surface area contributed by atoms with Gasteiger partial charge in [0.1, 0.15) is 18.2 Å². The van der Waals surface area contributed by atoms with Crippen molar-refractivity contribution < 1.29 is 24.2 Å². The first kappa shape index (κ1) is 25.9. The normalized spacial score (nSPS) is 11.9. The number of ether oxygens (including phenoxy) is 1. The predicted octanol–water partition coefficient (Wildman–Crippen LogP) is 2.70. The highest BCUT2D eigenvalue weighted by Crippen LogP contribution is 2.22. The third-order valence-corrected chi connectivity index (χ3v) is 4.71. The number of aliphatic hydroxyl groups excluding tert-OH is 1. The molecule has 3 N–H and O–H groups in total. The summed E-state index contributed by atoms with van der Waals surface area (Å²) >= 11 is 0. The number of hydrogen-bond acceptors (Lipinski definition) is 5. The van der Waals surface area contributed by atoms with Gasteiger partial charge in [0.05, 0.1) is 6.61 Å². The predicted molar refractivity (Wildman–Crippen MR) is 125 cm³/mol. The lowest BCUT2D eigenvalue weighted by atomic mass is 10.0. The Morgan fingerprint density at radius 3 is 2.21 bits per heavy atom. The molecule has 8 heteroatoms. The van der Waals surface area contributed by atoms with Crippen LogP contribution in [0.5, 0.6) is 0 Å². The Kier molecular flexibility index (Phi) is 9.42. The van der Waals surface area contributed by atoms with Crippen LogP contribution in [0.1, 0.15) is 43.5 Å². The van der Waals surface area contributed by atoms with Crippen LogP contribution in [0.25, 0.3) is 0 Å². The molecule has 2 aromatic rings. The van der Waals surface area contributed by atoms with Crippen LogP contribution in [0.15, 0.2) is 54.6 Å². The number of nitrogens with one attached hydrogen (secondary N) is 2. The first-order valence-electron chi connectivity index (χ1n) is 10.9. The first-order chi connectivity index (χ1) is 15.6. The molecule has 3 amide bonds. The zero-order valence-corrected chi connectivity index (χ0v) is 19.6. The zero-order chi connectivity index (χ0) is 24.4. The summed E-state index contributed by atoms with van der Waals surface area (Å²) < 4.78 is 5.17. The number of nitrogens with zero attached hydrogens (tertiary/aromatic N) is 1. The molecule has 0 fully saturated rings. The minimum Gasteiger partial charge on any atom is -0.444 e. The topological polar surface area (TPSA) is 108 Å². The second-order valence-electron chi connectivity index (χ2n) is 8.68. The van der Waals surface area contributed by atoms with Crippen molar-refractivity contribution >= 4 is 17.9 Å². The Balaban J connectivity index is 2.22. The van der Waals surface area contributed by atoms with Crippen molar-refractivity contribution in [3.63, 3.8) is 0 Å². The van der Waals surface area contributed by atoms with Crippen LogP contribution >= 0.6 is 0 Å². The van der Waals surface area contributed by atoms with Crippen LogP contribution in [0.4, 0.5) is 4.79 Å². The fourth-order valence-corrected chi connectivity index (χ4v) is 3.17. The molecule has 0 bridgehead atoms. The molecule has 2 aromatic carbocycles. The molecule has 178 valence electrons. The summed E-state index contributed by atoms with van der Waals surface area (Å²) in [7, 11) is 0. The van der Waals surface area contributed by atoms with Gasteiger partial charge in [0, 0.05) is 13.1 Å². The van der Waals surface area contributed by atoms with Crippen LogP contribution in [-0.2, 0) is 20.9 Å². The molecule has 2 rings (SSSR count). The zero-order valence-electron chi connectivity index (χ0n) is 19.6. The molecule has 0 aliphatic rings. The first-order valence-corrected chi connectivity index (χ1v) is 10.9. The molecule has 0 aliphatic carbocycles. The van der Waals surface area contributed by atoms with E-state index >= 15 is 0 Å². The lowest BCUT2D eigenvalue weighted by Crippen LogP contribution is -2.48. The van der Waals surface area contributed by atoms with Gasteiger partial charge in [-0.05, 0) is 38.8 Å². The highest BCUT2D eigenvalue weighted by atomic mass is 16.6. The van der Waals surface area contributed by atoms with E-state index in [1.807, 2.05) is 49.4 Å². The molecule has 0 aromatic heterocycles. The van der Waals surface area contributed by atoms with Crippen LogP contribution in [-0.4, -0.2) is 53.2 Å². The van der Waals surface area contributed by atoms with E-state index in [2.05, 4.69) is 10.6 Å². The summed E-state index contributed by atoms with van der Waals surface area (Å²) in [6.07, 6.45) is -0.736. The number of amides is 3. The number of carbonyl (C=O) groups excluding carboxylic acids is 3. The van der Waals surface area contributed by atoms with Gasteiger partial charge >= 0.3 is 6.09 Å². The van der Waals surface area contributed by atoms with Crippen LogP contribution in [0.2, 0.25) is 0 Å². The van der Waals surface area contributed by atoms with Crippen molar-refractivity contribution in [3.8, 4) is 0 Å². The summed E-state index contributed by atoms with van der Waals surface area (Å²) in [6, 6.07) is 15.7. The average molecular weight is 456 g/mol. The maximum Gasteiger partial charge on any atom is 0.408 e. The largest absolute Gasteiger partial charge is 0.444 e. The van der Waals surface area contributed by atoms with Crippen LogP contribution in [0, 0.1) is 6.92 Å². The minimum absolute atomic E-state index is 0.0773. The molecule has 1 unspecified atom stereocenters. The standard InChI is InChI=1S/C25H33N3O5/c1-18-10-12-20(13-11-18)22(23(31)26-16-19-8-6-5-7-9-19)28(14-15-29)21(30)17-27-24(32)33-25(2,3)4/h5-13,22,29H,14-17H2,1-4H3,(H,26,31)(H,27,32). The van der Waals surface area contributed by atoms with Gasteiger partial charge in [0.25, 0.3) is 0 Å². The van der Waals surface area contributed by atoms with Crippen molar-refractivity contribution in [1.29, 1.82) is 0 Å². The fraction of sp³-hybridized carbons (Fsp3) is 0.400. The maximum absolute atomic E-state index is 13.2. The summed E-state index contributed by atoms with van der Waals surface area (Å²) in [5.74, 6) is -0.905. The Morgan fingerprint density at radius 2 is 1.64 bits per heavy atom. The second-order valence-corrected chi connectivity index (χ2v) is 8.68. The van der Waals surface area contributed by atoms with Gasteiger partial charge in [-0.1, -0.05) is 60.2 Å². The molecule has 0 saturated heterocycles. The van der Waals surface area contributed by atoms with Gasteiger partial charge < -0.3 is 25.4 Å². The molecule has 0 spiro atoms. The van der Waals surface area contributed by atoms with E-state index in [9.17, 15) is 19.5 Å². The minimum atomic E-state index is -0.977. The Morgan fingerprint density at radius 1 is 1.00 bits per heavy atom. The number of carbonyl (C=O) groups is 3. The third-order valence-electron chi connectivity index (χ3n) is 4.71. The lowest BCUT2D eigenvalue weighted by molar-refractivity contribution is -0.140. The molecule has 0 aliphatic heterocycles. The monoisotopic (exact) mass is 455 g/mol. The fourth-order valence-electron chi connectivity index (χ4n) is 3.17. The summed E-state index contributed by atoms with van der Waals surface area (Å²) in [4.78, 5) is 39.5. The number of benzene rings is 2. The van der Waals surface area contributed by atoms with Crippen molar-refractivity contribution in [2.75, 3.05) is 19.7 Å². The van der Waals surface area contributed by atoms with Crippen molar-refractivity contribution in [1.82, 2.24) is 15.5 Å². The quantitative estimate of drug-likeness (QED) is 0.539. The molecular formula is C25H33N3O5. The van der Waals surface area contributed by atoms with Gasteiger partial charge in [0.15, 0.2) is 0 Å². The van der Waals surface area contributed by atoms with E-state index in [4.69, 9.17) is 4.74 Å². The highest BCUT2D eigenvalue weighted by molar-refractivity contribution is 5.90. The van der Waals surface area contributed by atoms with E-state index < -0.39 is 23.6 Å². The maximum atomic E-state index is 13.2. The molecule has 1 atom stereocenters. The van der Waals surface area contributed by atoms with Crippen molar-refractivity contribution in [3.05, 3.63) is 71.3 Å². The van der Waals surface area contributed by atoms with Crippen LogP contribution in [0.3, 0.4) is 0 Å². The van der Waals surface area contributed by atoms with Gasteiger partial charge in [-0.15, -0.1) is 0 Å². The van der Waals surface area contributed by atoms with Crippen LogP contribution < -0.4 is 10.6 Å². The van der Waals surface area contributed by atoms with E-state index in [1.165, 1.54) is 4.90 Å². The third kappa shape index (κ3) is 8.57. The number of aliphatic hydroxyl groups is 1. The Hall–Kier alpha value is -3.39. The van der Waals surface area contributed by atoms with Gasteiger partial charge in [-0.25, -0.2) is 4.79 Å². The van der Waals surface area contributed by atoms with E-state index in [-0.39, 0.29) is 25.6 Å². The van der Waals surface area contributed by atoms with Gasteiger partial charge in [0.2, 0.25) is 11.8 Å². The summed E-state index contributed by atoms with van der Waals surface area (Å²) in [5, 5.41) is 14.9. The van der Waals surface area contributed by atoms with E-state index in [1.54, 1.807) is 32.9 Å².